The van der Waals surface area contributed by atoms with Gasteiger partial charge in [0.2, 0.25) is 24.6 Å². The van der Waals surface area contributed by atoms with Crippen LogP contribution in [0.5, 0.6) is 0 Å². The fourth-order valence-corrected chi connectivity index (χ4v) is 8.36. The minimum atomic E-state index is -0.822. The molecular formula is C49H66FN10O14Pb. The number of nitrogens with two attached hydrogens (primary N) is 1. The molecule has 8 amide bonds. The summed E-state index contributed by atoms with van der Waals surface area (Å²) in [7, 11) is 4.75. The number of primary amides is 1. The molecule has 3 unspecified atom stereocenters. The zero-order valence-electron chi connectivity index (χ0n) is 43.0. The zero-order chi connectivity index (χ0) is 56.4. The molecule has 3 aromatic rings. The number of amides is 8. The third kappa shape index (κ3) is 18.5. The third-order valence-electron chi connectivity index (χ3n) is 11.6. The number of imide groups is 1. The fraction of sp³-hybridized carbons (Fsp3) is 0.469. The summed E-state index contributed by atoms with van der Waals surface area (Å²) in [5.41, 5.74) is 9.29. The molecule has 0 saturated carbocycles. The molecule has 1 aliphatic heterocycles. The third-order valence-corrected chi connectivity index (χ3v) is 14.0. The van der Waals surface area contributed by atoms with Crippen molar-refractivity contribution in [2.75, 3.05) is 60.7 Å². The minimum absolute atomic E-state index is 0.0415. The maximum absolute atomic E-state index is 15.2. The molecule has 2 aliphatic rings. The van der Waals surface area contributed by atoms with Gasteiger partial charge in [-0.3, -0.25) is 28.8 Å². The monoisotopic (exact) mass is 1250 g/mol. The predicted octanol–water partition coefficient (Wildman–Crippen LogP) is -0.469. The number of hydrogen-bond donors (Lipinski definition) is 7. The fourth-order valence-electron chi connectivity index (χ4n) is 7.96. The number of carbonyl (C=O) groups excluding carboxylic acids is 9. The van der Waals surface area contributed by atoms with Crippen molar-refractivity contribution in [2.45, 2.75) is 88.5 Å². The molecule has 24 nitrogen and oxygen atoms in total. The van der Waals surface area contributed by atoms with Crippen molar-refractivity contribution in [3.63, 3.8) is 0 Å². The number of carboxylic acids is 1. The number of rotatable bonds is 24. The maximum atomic E-state index is 15.2. The largest absolute Gasteiger partial charge is 0.480 e. The summed E-state index contributed by atoms with van der Waals surface area (Å²) in [6, 6.07) is 2.95. The van der Waals surface area contributed by atoms with Crippen LogP contribution in [0.15, 0.2) is 29.1 Å². The van der Waals surface area contributed by atoms with E-state index in [9.17, 15) is 47.9 Å². The Morgan fingerprint density at radius 3 is 2.32 bits per heavy atom. The second-order valence-electron chi connectivity index (χ2n) is 16.7. The molecule has 407 valence electrons. The van der Waals surface area contributed by atoms with E-state index in [2.05, 4.69) is 32.3 Å². The number of halogens is 1. The van der Waals surface area contributed by atoms with E-state index >= 15 is 4.39 Å². The molecule has 0 spiro atoms. The Morgan fingerprint density at radius 1 is 1.07 bits per heavy atom. The van der Waals surface area contributed by atoms with Gasteiger partial charge < -0.3 is 50.5 Å². The van der Waals surface area contributed by atoms with E-state index in [1.165, 1.54) is 25.3 Å². The molecule has 8 N–H and O–H groups in total. The number of aliphatic carboxylic acids is 1. The van der Waals surface area contributed by atoms with Gasteiger partial charge in [-0.2, -0.15) is 0 Å². The Morgan fingerprint density at radius 2 is 1.76 bits per heavy atom. The van der Waals surface area contributed by atoms with Crippen molar-refractivity contribution >= 4 is 97.7 Å². The van der Waals surface area contributed by atoms with E-state index in [0.717, 1.165) is 63.0 Å². The number of likely N-dealkylation sites (N-methyl/N-ethyl adjacent to an activating group) is 2. The van der Waals surface area contributed by atoms with Gasteiger partial charge >= 0.3 is 133 Å². The molecule has 0 bridgehead atoms. The summed E-state index contributed by atoms with van der Waals surface area (Å²) in [4.78, 5) is 132. The van der Waals surface area contributed by atoms with Crippen LogP contribution in [0.4, 0.5) is 4.39 Å². The number of hydrogen-bond acceptors (Lipinski definition) is 15. The average molecular weight is 1250 g/mol. The first-order valence-corrected chi connectivity index (χ1v) is 26.3. The van der Waals surface area contributed by atoms with Crippen LogP contribution in [0.3, 0.4) is 0 Å². The van der Waals surface area contributed by atoms with Crippen LogP contribution in [0.25, 0.3) is 22.3 Å². The van der Waals surface area contributed by atoms with Gasteiger partial charge in [-0.05, 0) is 68.5 Å². The molecule has 0 saturated heterocycles. The van der Waals surface area contributed by atoms with Crippen LogP contribution in [0.1, 0.15) is 85.4 Å². The summed E-state index contributed by atoms with van der Waals surface area (Å²) >= 11 is 1.02. The number of benzene rings is 1. The van der Waals surface area contributed by atoms with E-state index in [0.29, 0.717) is 65.7 Å². The second kappa shape index (κ2) is 33.2. The van der Waals surface area contributed by atoms with Crippen LogP contribution < -0.4 is 37.9 Å². The van der Waals surface area contributed by atoms with Crippen molar-refractivity contribution in [3.05, 3.63) is 73.8 Å². The smallest absolute Gasteiger partial charge is 0.317 e. The molecule has 3 atom stereocenters. The minimum Gasteiger partial charge on any atom is -0.480 e. The molecule has 3 radical (unpaired) electrons. The van der Waals surface area contributed by atoms with Crippen LogP contribution >= 0.6 is 0 Å². The average Bonchev–Trinajstić information content (AvgIpc) is 3.75. The normalized spacial score (nSPS) is 13.3. The van der Waals surface area contributed by atoms with Crippen molar-refractivity contribution < 1.29 is 66.9 Å². The number of allylic oxidation sites excluding steroid dienone is 1. The SMILES string of the molecule is C/C=C\C(=O)N(C=O)CC(=O)NCCC(=O)NC(C)[CH2][Pb].CCC(C=O)c1cc2n(c(=O)c1COC)Cc1c-2nc2cc(F)c(C)c3c2c1C(N(C)C(=O)COCNC(=O)CNC=O)CC3.CNCC(=O)O.NC=O. The number of aryl methyl sites for hydroxylation is 1. The first-order valence-electron chi connectivity index (χ1n) is 23.5. The van der Waals surface area contributed by atoms with E-state index in [1.807, 2.05) is 19.9 Å². The summed E-state index contributed by atoms with van der Waals surface area (Å²) in [5.74, 6) is -3.68. The number of fused-ring (bicyclic) bond motifs is 4. The quantitative estimate of drug-likeness (QED) is 0.0153. The van der Waals surface area contributed by atoms with Crippen LogP contribution in [0, 0.1) is 12.7 Å². The summed E-state index contributed by atoms with van der Waals surface area (Å²) in [6.07, 6.45) is 6.16. The first-order chi connectivity index (χ1) is 35.8. The number of carbonyl (C=O) groups is 10. The molecule has 3 heterocycles. The van der Waals surface area contributed by atoms with Crippen molar-refractivity contribution in [1.82, 2.24) is 45.9 Å². The van der Waals surface area contributed by atoms with Crippen molar-refractivity contribution in [3.8, 4) is 11.4 Å². The number of nitrogens with zero attached hydrogens (tertiary/aromatic N) is 4. The van der Waals surface area contributed by atoms with E-state index in [1.54, 1.807) is 37.4 Å². The molecule has 5 rings (SSSR count). The summed E-state index contributed by atoms with van der Waals surface area (Å²) < 4.78 is 28.5. The van der Waals surface area contributed by atoms with E-state index < -0.39 is 35.7 Å². The predicted molar refractivity (Wildman–Crippen MR) is 272 cm³/mol. The van der Waals surface area contributed by atoms with Gasteiger partial charge in [0.15, 0.2) is 0 Å². The van der Waals surface area contributed by atoms with Gasteiger partial charge in [0.25, 0.3) is 5.56 Å². The number of aldehydes is 1. The van der Waals surface area contributed by atoms with Crippen molar-refractivity contribution in [1.29, 1.82) is 0 Å². The molecular weight excluding hydrogens is 1180 g/mol. The van der Waals surface area contributed by atoms with Crippen LogP contribution in [-0.4, -0.2) is 178 Å². The number of carboxylic acid groups (broad SMARTS) is 1. The van der Waals surface area contributed by atoms with Gasteiger partial charge in [0.05, 0.1) is 49.2 Å². The number of ether oxygens (including phenoxy) is 2. The number of pyridine rings is 2. The Bertz CT molecular complexity index is 2630. The topological polar surface area (TPSA) is 337 Å². The van der Waals surface area contributed by atoms with E-state index in [4.69, 9.17) is 24.4 Å². The number of nitrogens with one attached hydrogen (secondary N) is 5. The standard InChI is InChI=1S/C32H36FN5O7.C13H20N3O4.C3H7NO2.CH3NO.Pb/c1-5-18(12-39)20-8-26-31-21(11-38(26)32(43)22(20)13-44-4)30-25(7-6-19-17(2)23(33)9-24(36-31)29(19)30)37(3)28(42)14-45-16-35-27(41)10-34-15-40;1-4-5-13(20)16(9-17)8-12(19)14-7-6-11(18)15-10(2)3;1-4-2-3(5)6;2-1-3;/h8-9,12,15,18,25H,5-7,10-11,13-14,16H2,1-4H3,(H,34,40)(H,35,41);4-5,9-10H,2,6-8H2,1,3H3,(H,14,19)(H,15,18);4H,2H2,1H3,(H,5,6);1H,(H2,2,3);/b;5-4-;;;. The van der Waals surface area contributed by atoms with Gasteiger partial charge in [0.1, 0.15) is 25.4 Å². The van der Waals surface area contributed by atoms with Crippen LogP contribution in [-0.2, 0) is 77.0 Å². The van der Waals surface area contributed by atoms with Gasteiger partial charge in [0, 0.05) is 42.7 Å². The second-order valence-corrected chi connectivity index (χ2v) is 18.3. The first kappa shape index (κ1) is 64.3. The van der Waals surface area contributed by atoms with Crippen LogP contribution in [0.2, 0.25) is 3.98 Å². The number of methoxy groups -OCH3 is 1. The summed E-state index contributed by atoms with van der Waals surface area (Å²) in [5, 5.41) is 21.1. The van der Waals surface area contributed by atoms with Gasteiger partial charge in [-0.25, -0.2) is 9.37 Å². The Kier molecular flexibility index (Phi) is 28.4. The summed E-state index contributed by atoms with van der Waals surface area (Å²) in [6.45, 7) is 6.53. The van der Waals surface area contributed by atoms with Gasteiger partial charge in [-0.15, -0.1) is 0 Å². The molecule has 2 aromatic heterocycles. The van der Waals surface area contributed by atoms with Gasteiger partial charge in [-0.1, -0.05) is 13.0 Å². The van der Waals surface area contributed by atoms with E-state index in [-0.39, 0.29) is 94.7 Å². The molecule has 0 fully saturated rings. The molecule has 1 aromatic carbocycles. The molecule has 1 aliphatic carbocycles. The Labute approximate surface area is 448 Å². The Hall–Kier alpha value is -6.85. The number of aromatic nitrogens is 2. The maximum Gasteiger partial charge on any atom is 0.317 e. The Balaban J connectivity index is 0.000000533. The van der Waals surface area contributed by atoms with Crippen molar-refractivity contribution in [2.24, 2.45) is 5.73 Å². The molecule has 75 heavy (non-hydrogen) atoms. The zero-order valence-corrected chi connectivity index (χ0v) is 46.9. The molecule has 26 heteroatoms.